The molecule has 120 valence electrons. The van der Waals surface area contributed by atoms with Crippen molar-refractivity contribution in [1.82, 2.24) is 0 Å². The van der Waals surface area contributed by atoms with E-state index < -0.39 is 0 Å². The molecule has 0 rings (SSSR count). The molecule has 0 aromatic rings. The van der Waals surface area contributed by atoms with Gasteiger partial charge in [-0.1, -0.05) is 67.8 Å². The summed E-state index contributed by atoms with van der Waals surface area (Å²) in [5.41, 5.74) is 0. The Morgan fingerprint density at radius 1 is 0.950 bits per heavy atom. The van der Waals surface area contributed by atoms with E-state index in [4.69, 9.17) is 4.74 Å². The molecule has 0 bridgehead atoms. The van der Waals surface area contributed by atoms with Crippen molar-refractivity contribution >= 4 is 21.9 Å². The lowest BCUT2D eigenvalue weighted by atomic mass is 10.1. The number of esters is 1. The second-order valence-corrected chi connectivity index (χ2v) is 6.50. The summed E-state index contributed by atoms with van der Waals surface area (Å²) in [4.78, 5) is 11.6. The van der Waals surface area contributed by atoms with Crippen LogP contribution in [-0.2, 0) is 9.53 Å². The Balaban J connectivity index is 3.36. The van der Waals surface area contributed by atoms with Crippen LogP contribution in [0.3, 0.4) is 0 Å². The van der Waals surface area contributed by atoms with Crippen molar-refractivity contribution in [2.24, 2.45) is 0 Å². The van der Waals surface area contributed by atoms with Crippen molar-refractivity contribution in [1.29, 1.82) is 0 Å². The highest BCUT2D eigenvalue weighted by atomic mass is 79.9. The van der Waals surface area contributed by atoms with Gasteiger partial charge in [0.1, 0.15) is 0 Å². The Hall–Kier alpha value is -0.0500. The number of ether oxygens (including phenoxy) is 1. The normalized spacial score (nSPS) is 12.3. The maximum absolute atomic E-state index is 11.6. The molecule has 0 fully saturated rings. The molecule has 0 amide bonds. The van der Waals surface area contributed by atoms with E-state index >= 15 is 0 Å². The van der Waals surface area contributed by atoms with E-state index in [9.17, 15) is 4.79 Å². The molecule has 2 nitrogen and oxygen atoms in total. The lowest BCUT2D eigenvalue weighted by Gasteiger charge is -2.13. The molecule has 0 aliphatic heterocycles. The van der Waals surface area contributed by atoms with Crippen LogP contribution in [0.15, 0.2) is 0 Å². The Labute approximate surface area is 134 Å². The van der Waals surface area contributed by atoms with Crippen LogP contribution in [0, 0.1) is 0 Å². The molecule has 0 aromatic heterocycles. The van der Waals surface area contributed by atoms with Crippen LogP contribution in [0.5, 0.6) is 0 Å². The van der Waals surface area contributed by atoms with Crippen LogP contribution < -0.4 is 0 Å². The van der Waals surface area contributed by atoms with Gasteiger partial charge in [0, 0.05) is 11.8 Å². The highest BCUT2D eigenvalue weighted by Crippen LogP contribution is 2.12. The number of halogens is 1. The third kappa shape index (κ3) is 14.4. The second kappa shape index (κ2) is 15.3. The first-order chi connectivity index (χ1) is 9.70. The zero-order valence-electron chi connectivity index (χ0n) is 13.5. The van der Waals surface area contributed by atoms with E-state index in [1.807, 2.05) is 6.92 Å². The van der Waals surface area contributed by atoms with E-state index in [2.05, 4.69) is 22.9 Å². The van der Waals surface area contributed by atoms with Crippen molar-refractivity contribution in [2.45, 2.75) is 97.0 Å². The predicted octanol–water partition coefficient (Wildman–Crippen LogP) is 6.01. The number of alkyl halides is 1. The molecule has 0 saturated heterocycles. The lowest BCUT2D eigenvalue weighted by Crippen LogP contribution is -2.14. The van der Waals surface area contributed by atoms with Crippen molar-refractivity contribution < 1.29 is 9.53 Å². The van der Waals surface area contributed by atoms with Gasteiger partial charge in [-0.05, 0) is 32.6 Å². The van der Waals surface area contributed by atoms with E-state index in [1.165, 1.54) is 51.4 Å². The minimum Gasteiger partial charge on any atom is -0.463 e. The van der Waals surface area contributed by atoms with Gasteiger partial charge in [0.2, 0.25) is 0 Å². The van der Waals surface area contributed by atoms with Crippen LogP contribution in [0.25, 0.3) is 0 Å². The van der Waals surface area contributed by atoms with Gasteiger partial charge in [0.15, 0.2) is 0 Å². The summed E-state index contributed by atoms with van der Waals surface area (Å²) in [7, 11) is 0. The zero-order chi connectivity index (χ0) is 15.1. The minimum atomic E-state index is -0.0117. The summed E-state index contributed by atoms with van der Waals surface area (Å²) >= 11 is 3.42. The van der Waals surface area contributed by atoms with Gasteiger partial charge in [-0.2, -0.15) is 0 Å². The molecule has 1 unspecified atom stereocenters. The maximum Gasteiger partial charge on any atom is 0.306 e. The van der Waals surface area contributed by atoms with Crippen LogP contribution in [0.4, 0.5) is 0 Å². The maximum atomic E-state index is 11.6. The van der Waals surface area contributed by atoms with E-state index in [1.54, 1.807) is 0 Å². The molecule has 0 N–H and O–H groups in total. The van der Waals surface area contributed by atoms with Gasteiger partial charge in [-0.15, -0.1) is 0 Å². The van der Waals surface area contributed by atoms with Crippen LogP contribution >= 0.6 is 15.9 Å². The van der Waals surface area contributed by atoms with E-state index in [0.29, 0.717) is 6.42 Å². The van der Waals surface area contributed by atoms with Gasteiger partial charge in [-0.25, -0.2) is 0 Å². The summed E-state index contributed by atoms with van der Waals surface area (Å²) in [5.74, 6) is -0.0117. The molecule has 0 heterocycles. The number of hydrogen-bond donors (Lipinski definition) is 0. The first-order valence-corrected chi connectivity index (χ1v) is 9.58. The largest absolute Gasteiger partial charge is 0.463 e. The number of hydrogen-bond acceptors (Lipinski definition) is 2. The minimum absolute atomic E-state index is 0.0117. The molecule has 0 saturated carbocycles. The number of carbonyl (C=O) groups is 1. The van der Waals surface area contributed by atoms with Gasteiger partial charge in [0.25, 0.3) is 0 Å². The van der Waals surface area contributed by atoms with Gasteiger partial charge >= 0.3 is 5.97 Å². The molecule has 0 radical (unpaired) electrons. The fraction of sp³-hybridized carbons (Fsp3) is 0.941. The SMILES string of the molecule is CCCCCCCCC(C)OC(=O)CCCCCCBr. The zero-order valence-corrected chi connectivity index (χ0v) is 15.1. The fourth-order valence-electron chi connectivity index (χ4n) is 2.27. The molecular formula is C17H33BrO2. The third-order valence-corrected chi connectivity index (χ3v) is 4.12. The smallest absolute Gasteiger partial charge is 0.306 e. The monoisotopic (exact) mass is 348 g/mol. The van der Waals surface area contributed by atoms with Crippen LogP contribution in [0.1, 0.15) is 90.9 Å². The van der Waals surface area contributed by atoms with Gasteiger partial charge < -0.3 is 4.74 Å². The summed E-state index contributed by atoms with van der Waals surface area (Å²) in [5, 5.41) is 1.06. The van der Waals surface area contributed by atoms with E-state index in [0.717, 1.165) is 24.6 Å². The third-order valence-electron chi connectivity index (χ3n) is 3.56. The summed E-state index contributed by atoms with van der Waals surface area (Å²) in [6.07, 6.45) is 14.0. The molecule has 1 atom stereocenters. The average Bonchev–Trinajstić information content (AvgIpc) is 2.42. The number of rotatable bonds is 14. The Bertz CT molecular complexity index is 219. The van der Waals surface area contributed by atoms with Crippen molar-refractivity contribution in [2.75, 3.05) is 5.33 Å². The van der Waals surface area contributed by atoms with Gasteiger partial charge in [-0.3, -0.25) is 4.79 Å². The first-order valence-electron chi connectivity index (χ1n) is 8.46. The van der Waals surface area contributed by atoms with Gasteiger partial charge in [0.05, 0.1) is 6.10 Å². The lowest BCUT2D eigenvalue weighted by molar-refractivity contribution is -0.148. The summed E-state index contributed by atoms with van der Waals surface area (Å²) in [6.45, 7) is 4.26. The van der Waals surface area contributed by atoms with Crippen molar-refractivity contribution in [3.63, 3.8) is 0 Å². The number of carbonyl (C=O) groups excluding carboxylic acids is 1. The van der Waals surface area contributed by atoms with Crippen LogP contribution in [-0.4, -0.2) is 17.4 Å². The molecule has 0 aliphatic rings. The Kier molecular flexibility index (Phi) is 15.3. The van der Waals surface area contributed by atoms with Crippen LogP contribution in [0.2, 0.25) is 0 Å². The fourth-order valence-corrected chi connectivity index (χ4v) is 2.67. The topological polar surface area (TPSA) is 26.3 Å². The first kappa shape index (κ1) is 19.9. The molecule has 0 aromatic carbocycles. The number of unbranched alkanes of at least 4 members (excludes halogenated alkanes) is 8. The Morgan fingerprint density at radius 3 is 2.25 bits per heavy atom. The molecule has 3 heteroatoms. The quantitative estimate of drug-likeness (QED) is 0.218. The second-order valence-electron chi connectivity index (χ2n) is 5.71. The Morgan fingerprint density at radius 2 is 1.55 bits per heavy atom. The van der Waals surface area contributed by atoms with Crippen molar-refractivity contribution in [3.8, 4) is 0 Å². The molecular weight excluding hydrogens is 316 g/mol. The average molecular weight is 349 g/mol. The van der Waals surface area contributed by atoms with E-state index in [-0.39, 0.29) is 12.1 Å². The van der Waals surface area contributed by atoms with Crippen molar-refractivity contribution in [3.05, 3.63) is 0 Å². The predicted molar refractivity (Wildman–Crippen MR) is 90.4 cm³/mol. The molecule has 0 aliphatic carbocycles. The summed E-state index contributed by atoms with van der Waals surface area (Å²) in [6, 6.07) is 0. The highest BCUT2D eigenvalue weighted by Gasteiger charge is 2.08. The summed E-state index contributed by atoms with van der Waals surface area (Å²) < 4.78 is 5.44. The standard InChI is InChI=1S/C17H33BrO2/c1-3-4-5-6-7-10-13-16(2)20-17(19)14-11-8-9-12-15-18/h16H,3-15H2,1-2H3. The highest BCUT2D eigenvalue weighted by molar-refractivity contribution is 9.09. The molecule has 20 heavy (non-hydrogen) atoms. The molecule has 0 spiro atoms.